The van der Waals surface area contributed by atoms with E-state index >= 15 is 0 Å². The van der Waals surface area contributed by atoms with E-state index in [4.69, 9.17) is 5.11 Å². The van der Waals surface area contributed by atoms with Crippen molar-refractivity contribution in [3.63, 3.8) is 0 Å². The van der Waals surface area contributed by atoms with E-state index in [1.165, 1.54) is 0 Å². The number of aryl methyl sites for hydroxylation is 1. The quantitative estimate of drug-likeness (QED) is 0.869. The SMILES string of the molecule is CCCN(CC(C)C(=O)O)c1sc(C)c(C)c1C#N. The van der Waals surface area contributed by atoms with Gasteiger partial charge in [-0.1, -0.05) is 13.8 Å². The van der Waals surface area contributed by atoms with Crippen LogP contribution in [0.1, 0.15) is 36.3 Å². The number of hydrogen-bond acceptors (Lipinski definition) is 4. The fourth-order valence-corrected chi connectivity index (χ4v) is 3.06. The Labute approximate surface area is 118 Å². The van der Waals surface area contributed by atoms with Crippen molar-refractivity contribution in [2.75, 3.05) is 18.0 Å². The van der Waals surface area contributed by atoms with Gasteiger partial charge in [0.2, 0.25) is 0 Å². The zero-order chi connectivity index (χ0) is 14.6. The fourth-order valence-electron chi connectivity index (χ4n) is 1.92. The van der Waals surface area contributed by atoms with E-state index in [9.17, 15) is 10.1 Å². The van der Waals surface area contributed by atoms with Gasteiger partial charge >= 0.3 is 5.97 Å². The summed E-state index contributed by atoms with van der Waals surface area (Å²) in [5.74, 6) is -1.24. The highest BCUT2D eigenvalue weighted by atomic mass is 32.1. The predicted molar refractivity (Wildman–Crippen MR) is 77.8 cm³/mol. The maximum atomic E-state index is 11.0. The van der Waals surface area contributed by atoms with Crippen LogP contribution >= 0.6 is 11.3 Å². The summed E-state index contributed by atoms with van der Waals surface area (Å²) in [7, 11) is 0. The largest absolute Gasteiger partial charge is 0.481 e. The molecule has 1 unspecified atom stereocenters. The Morgan fingerprint density at radius 3 is 2.63 bits per heavy atom. The molecule has 4 nitrogen and oxygen atoms in total. The van der Waals surface area contributed by atoms with Gasteiger partial charge in [-0.25, -0.2) is 0 Å². The average molecular weight is 280 g/mol. The Kier molecular flexibility index (Phi) is 5.37. The molecule has 104 valence electrons. The van der Waals surface area contributed by atoms with Crippen molar-refractivity contribution in [2.24, 2.45) is 5.92 Å². The van der Waals surface area contributed by atoms with Crippen LogP contribution in [0.15, 0.2) is 0 Å². The summed E-state index contributed by atoms with van der Waals surface area (Å²) in [6.07, 6.45) is 0.924. The first-order chi connectivity index (χ1) is 8.92. The highest BCUT2D eigenvalue weighted by Gasteiger charge is 2.21. The summed E-state index contributed by atoms with van der Waals surface area (Å²) in [6, 6.07) is 2.25. The van der Waals surface area contributed by atoms with Gasteiger partial charge in [-0.05, 0) is 25.8 Å². The van der Waals surface area contributed by atoms with Crippen LogP contribution in [0.3, 0.4) is 0 Å². The third kappa shape index (κ3) is 3.48. The Morgan fingerprint density at radius 1 is 1.53 bits per heavy atom. The van der Waals surface area contributed by atoms with Gasteiger partial charge in [0.25, 0.3) is 0 Å². The van der Waals surface area contributed by atoms with Crippen molar-refractivity contribution >= 4 is 22.3 Å². The summed E-state index contributed by atoms with van der Waals surface area (Å²) in [6.45, 7) is 8.90. The van der Waals surface area contributed by atoms with E-state index in [2.05, 4.69) is 13.0 Å². The van der Waals surface area contributed by atoms with E-state index in [-0.39, 0.29) is 0 Å². The van der Waals surface area contributed by atoms with E-state index in [0.717, 1.165) is 28.4 Å². The molecule has 1 N–H and O–H groups in total. The van der Waals surface area contributed by atoms with Gasteiger partial charge < -0.3 is 10.0 Å². The van der Waals surface area contributed by atoms with Crippen molar-refractivity contribution < 1.29 is 9.90 Å². The first kappa shape index (κ1) is 15.5. The second kappa shape index (κ2) is 6.58. The number of carboxylic acid groups (broad SMARTS) is 1. The van der Waals surface area contributed by atoms with Crippen molar-refractivity contribution in [1.82, 2.24) is 0 Å². The molecule has 0 fully saturated rings. The molecular formula is C14H20N2O2S. The van der Waals surface area contributed by atoms with Crippen LogP contribution in [0.4, 0.5) is 5.00 Å². The number of carbonyl (C=O) groups is 1. The maximum absolute atomic E-state index is 11.0. The van der Waals surface area contributed by atoms with Crippen LogP contribution in [0.25, 0.3) is 0 Å². The monoisotopic (exact) mass is 280 g/mol. The maximum Gasteiger partial charge on any atom is 0.308 e. The van der Waals surface area contributed by atoms with Crippen molar-refractivity contribution in [3.8, 4) is 6.07 Å². The minimum atomic E-state index is -0.801. The van der Waals surface area contributed by atoms with Gasteiger partial charge in [0.15, 0.2) is 0 Å². The molecule has 0 aliphatic carbocycles. The van der Waals surface area contributed by atoms with Crippen molar-refractivity contribution in [3.05, 3.63) is 16.0 Å². The molecule has 1 aromatic rings. The lowest BCUT2D eigenvalue weighted by atomic mass is 10.1. The van der Waals surface area contributed by atoms with E-state index in [0.29, 0.717) is 12.1 Å². The minimum Gasteiger partial charge on any atom is -0.481 e. The summed E-state index contributed by atoms with van der Waals surface area (Å²) >= 11 is 1.58. The summed E-state index contributed by atoms with van der Waals surface area (Å²) < 4.78 is 0. The lowest BCUT2D eigenvalue weighted by Gasteiger charge is -2.25. The second-order valence-electron chi connectivity index (χ2n) is 4.76. The molecule has 1 heterocycles. The number of hydrogen-bond donors (Lipinski definition) is 1. The third-order valence-electron chi connectivity index (χ3n) is 3.18. The number of rotatable bonds is 6. The number of anilines is 1. The molecule has 1 rings (SSSR count). The van der Waals surface area contributed by atoms with Crippen LogP contribution in [0.2, 0.25) is 0 Å². The predicted octanol–water partition coefficient (Wildman–Crippen LogP) is 3.17. The zero-order valence-electron chi connectivity index (χ0n) is 11.9. The van der Waals surface area contributed by atoms with Crippen LogP contribution in [-0.4, -0.2) is 24.2 Å². The molecule has 19 heavy (non-hydrogen) atoms. The van der Waals surface area contributed by atoms with E-state index in [1.54, 1.807) is 18.3 Å². The van der Waals surface area contributed by atoms with Gasteiger partial charge in [0.05, 0.1) is 11.5 Å². The molecule has 0 spiro atoms. The van der Waals surface area contributed by atoms with Gasteiger partial charge in [-0.3, -0.25) is 4.79 Å². The normalized spacial score (nSPS) is 11.9. The van der Waals surface area contributed by atoms with E-state index < -0.39 is 11.9 Å². The highest BCUT2D eigenvalue weighted by molar-refractivity contribution is 7.16. The number of nitrogens with zero attached hydrogens (tertiary/aromatic N) is 2. The van der Waals surface area contributed by atoms with Gasteiger partial charge in [-0.2, -0.15) is 5.26 Å². The molecule has 0 saturated heterocycles. The molecule has 5 heteroatoms. The topological polar surface area (TPSA) is 64.3 Å². The smallest absolute Gasteiger partial charge is 0.308 e. The average Bonchev–Trinajstić information content (AvgIpc) is 2.64. The van der Waals surface area contributed by atoms with Gasteiger partial charge in [0, 0.05) is 18.0 Å². The fraction of sp³-hybridized carbons (Fsp3) is 0.571. The van der Waals surface area contributed by atoms with Crippen LogP contribution in [0, 0.1) is 31.1 Å². The number of nitriles is 1. The number of aliphatic carboxylic acids is 1. The number of thiophene rings is 1. The molecule has 0 saturated carbocycles. The van der Waals surface area contributed by atoms with E-state index in [1.807, 2.05) is 18.7 Å². The lowest BCUT2D eigenvalue weighted by molar-refractivity contribution is -0.140. The molecule has 0 bridgehead atoms. The Hall–Kier alpha value is -1.54. The Bertz CT molecular complexity index is 502. The second-order valence-corrected chi connectivity index (χ2v) is 5.96. The van der Waals surface area contributed by atoms with Gasteiger partial charge in [0.1, 0.15) is 11.1 Å². The van der Waals surface area contributed by atoms with Crippen LogP contribution < -0.4 is 4.90 Å². The molecular weight excluding hydrogens is 260 g/mol. The number of carboxylic acids is 1. The Balaban J connectivity index is 3.09. The first-order valence-electron chi connectivity index (χ1n) is 6.40. The third-order valence-corrected chi connectivity index (χ3v) is 4.44. The first-order valence-corrected chi connectivity index (χ1v) is 7.21. The van der Waals surface area contributed by atoms with Crippen LogP contribution in [0.5, 0.6) is 0 Å². The molecule has 0 aromatic carbocycles. The van der Waals surface area contributed by atoms with Crippen LogP contribution in [-0.2, 0) is 4.79 Å². The lowest BCUT2D eigenvalue weighted by Crippen LogP contribution is -2.32. The zero-order valence-corrected chi connectivity index (χ0v) is 12.7. The van der Waals surface area contributed by atoms with Crippen molar-refractivity contribution in [2.45, 2.75) is 34.1 Å². The molecule has 0 aliphatic heterocycles. The Morgan fingerprint density at radius 2 is 2.16 bits per heavy atom. The summed E-state index contributed by atoms with van der Waals surface area (Å²) in [4.78, 5) is 14.2. The molecule has 0 aliphatic rings. The summed E-state index contributed by atoms with van der Waals surface area (Å²) in [5, 5.41) is 19.2. The molecule has 1 aromatic heterocycles. The molecule has 1 atom stereocenters. The minimum absolute atomic E-state index is 0.442. The molecule has 0 amide bonds. The molecule has 0 radical (unpaired) electrons. The van der Waals surface area contributed by atoms with Crippen molar-refractivity contribution in [1.29, 1.82) is 5.26 Å². The highest BCUT2D eigenvalue weighted by Crippen LogP contribution is 2.35. The van der Waals surface area contributed by atoms with Gasteiger partial charge in [-0.15, -0.1) is 11.3 Å². The summed E-state index contributed by atoms with van der Waals surface area (Å²) in [5.41, 5.74) is 1.69. The standard InChI is InChI=1S/C14H20N2O2S/c1-5-6-16(8-9(2)14(17)18)13-12(7-15)10(3)11(4)19-13/h9H,5-6,8H2,1-4H3,(H,17,18).